The summed E-state index contributed by atoms with van der Waals surface area (Å²) >= 11 is 0. The first-order chi connectivity index (χ1) is 17.0. The van der Waals surface area contributed by atoms with E-state index in [2.05, 4.69) is 34.9 Å². The second-order valence-electron chi connectivity index (χ2n) is 9.15. The van der Waals surface area contributed by atoms with Gasteiger partial charge in [-0.2, -0.15) is 0 Å². The van der Waals surface area contributed by atoms with Crippen molar-refractivity contribution < 1.29 is 29.0 Å². The zero-order valence-corrected chi connectivity index (χ0v) is 19.8. The highest BCUT2D eigenvalue weighted by molar-refractivity contribution is 5.90. The van der Waals surface area contributed by atoms with Gasteiger partial charge in [-0.05, 0) is 35.1 Å². The maximum atomic E-state index is 12.9. The van der Waals surface area contributed by atoms with Crippen LogP contribution in [0.25, 0.3) is 11.1 Å². The predicted octanol–water partition coefficient (Wildman–Crippen LogP) is 3.84. The Hall–Kier alpha value is -3.39. The summed E-state index contributed by atoms with van der Waals surface area (Å²) in [6.07, 6.45) is 2.91. The van der Waals surface area contributed by atoms with E-state index < -0.39 is 17.6 Å². The number of carboxylic acids is 1. The van der Waals surface area contributed by atoms with Crippen molar-refractivity contribution in [1.82, 2.24) is 10.6 Å². The molecule has 1 atom stereocenters. The Kier molecular flexibility index (Phi) is 8.02. The molecule has 2 aromatic carbocycles. The van der Waals surface area contributed by atoms with Gasteiger partial charge in [-0.15, -0.1) is 0 Å². The summed E-state index contributed by atoms with van der Waals surface area (Å²) < 4.78 is 11.1. The van der Waals surface area contributed by atoms with E-state index in [0.717, 1.165) is 41.5 Å². The number of benzene rings is 2. The van der Waals surface area contributed by atoms with E-state index in [0.29, 0.717) is 26.0 Å². The molecule has 8 heteroatoms. The van der Waals surface area contributed by atoms with Gasteiger partial charge in [0.05, 0.1) is 6.61 Å². The van der Waals surface area contributed by atoms with Crippen molar-refractivity contribution in [3.63, 3.8) is 0 Å². The molecular weight excluding hydrogens is 448 g/mol. The van der Waals surface area contributed by atoms with Crippen molar-refractivity contribution in [1.29, 1.82) is 0 Å². The summed E-state index contributed by atoms with van der Waals surface area (Å²) in [6.45, 7) is 1.11. The fourth-order valence-electron chi connectivity index (χ4n) is 4.86. The van der Waals surface area contributed by atoms with Gasteiger partial charge in [-0.1, -0.05) is 61.4 Å². The van der Waals surface area contributed by atoms with Gasteiger partial charge in [-0.25, -0.2) is 4.79 Å². The molecule has 2 aliphatic rings. The number of rotatable bonds is 11. The summed E-state index contributed by atoms with van der Waals surface area (Å²) in [6, 6.07) is 16.3. The number of alkyl carbamates (subject to hydrolysis) is 1. The van der Waals surface area contributed by atoms with Crippen LogP contribution >= 0.6 is 0 Å². The van der Waals surface area contributed by atoms with Crippen LogP contribution in [0.15, 0.2) is 48.5 Å². The number of nitrogens with one attached hydrogen (secondary N) is 2. The van der Waals surface area contributed by atoms with E-state index in [1.54, 1.807) is 0 Å². The fraction of sp³-hybridized carbons (Fsp3) is 0.444. The molecule has 1 saturated heterocycles. The minimum Gasteiger partial charge on any atom is -0.481 e. The standard InChI is InChI=1S/C27H32N2O6/c30-24(31)13-3-1-2-8-15-28-25(32)27(14-16-34-18-27)29-26(33)35-17-23-21-11-6-4-9-19(21)20-10-5-7-12-22(20)23/h4-7,9-12,23H,1-3,8,13-18H2,(H,28,32)(H,29,33)(H,30,31). The smallest absolute Gasteiger partial charge is 0.408 e. The molecule has 4 rings (SSSR count). The van der Waals surface area contributed by atoms with Crippen LogP contribution in [0.4, 0.5) is 4.79 Å². The lowest BCUT2D eigenvalue weighted by atomic mass is 9.97. The van der Waals surface area contributed by atoms with Gasteiger partial charge in [-0.3, -0.25) is 9.59 Å². The molecule has 0 aromatic heterocycles. The minimum atomic E-state index is -1.15. The lowest BCUT2D eigenvalue weighted by Crippen LogP contribution is -2.59. The Morgan fingerprint density at radius 3 is 2.26 bits per heavy atom. The number of carboxylic acid groups (broad SMARTS) is 1. The van der Waals surface area contributed by atoms with Crippen molar-refractivity contribution in [3.05, 3.63) is 59.7 Å². The number of hydrogen-bond donors (Lipinski definition) is 3. The minimum absolute atomic E-state index is 0.0566. The van der Waals surface area contributed by atoms with Crippen LogP contribution < -0.4 is 10.6 Å². The summed E-state index contributed by atoms with van der Waals surface area (Å²) in [4.78, 5) is 36.3. The number of ether oxygens (including phenoxy) is 2. The molecule has 1 unspecified atom stereocenters. The zero-order chi connectivity index (χ0) is 24.7. The Morgan fingerprint density at radius 1 is 0.971 bits per heavy atom. The van der Waals surface area contributed by atoms with Gasteiger partial charge in [0, 0.05) is 31.9 Å². The molecule has 8 nitrogen and oxygen atoms in total. The topological polar surface area (TPSA) is 114 Å². The third-order valence-electron chi connectivity index (χ3n) is 6.74. The first-order valence-corrected chi connectivity index (χ1v) is 12.2. The van der Waals surface area contributed by atoms with Crippen molar-refractivity contribution >= 4 is 18.0 Å². The predicted molar refractivity (Wildman–Crippen MR) is 130 cm³/mol. The largest absolute Gasteiger partial charge is 0.481 e. The Morgan fingerprint density at radius 2 is 1.63 bits per heavy atom. The van der Waals surface area contributed by atoms with Crippen LogP contribution in [0.3, 0.4) is 0 Å². The second-order valence-corrected chi connectivity index (χ2v) is 9.15. The van der Waals surface area contributed by atoms with Crippen molar-refractivity contribution in [2.24, 2.45) is 0 Å². The molecule has 1 aliphatic heterocycles. The van der Waals surface area contributed by atoms with E-state index in [1.165, 1.54) is 0 Å². The molecule has 1 heterocycles. The normalized spacial score (nSPS) is 18.5. The van der Waals surface area contributed by atoms with Crippen molar-refractivity contribution in [2.75, 3.05) is 26.4 Å². The molecule has 0 saturated carbocycles. The molecule has 1 aliphatic carbocycles. The molecule has 0 spiro atoms. The highest BCUT2D eigenvalue weighted by Crippen LogP contribution is 2.44. The fourth-order valence-corrected chi connectivity index (χ4v) is 4.86. The number of unbranched alkanes of at least 4 members (excludes halogenated alkanes) is 3. The SMILES string of the molecule is O=C(O)CCCCCCNC(=O)C1(NC(=O)OCC2c3ccccc3-c3ccccc32)CCOC1. The lowest BCUT2D eigenvalue weighted by Gasteiger charge is -2.27. The van der Waals surface area contributed by atoms with Crippen LogP contribution in [0.2, 0.25) is 0 Å². The molecule has 35 heavy (non-hydrogen) atoms. The van der Waals surface area contributed by atoms with Crippen LogP contribution in [0.5, 0.6) is 0 Å². The van der Waals surface area contributed by atoms with Crippen LogP contribution in [0.1, 0.15) is 55.6 Å². The first-order valence-electron chi connectivity index (χ1n) is 12.2. The Bertz CT molecular complexity index is 1020. The van der Waals surface area contributed by atoms with E-state index in [4.69, 9.17) is 14.6 Å². The zero-order valence-electron chi connectivity index (χ0n) is 19.8. The summed E-state index contributed by atoms with van der Waals surface area (Å²) in [7, 11) is 0. The number of aliphatic carboxylic acids is 1. The monoisotopic (exact) mass is 480 g/mol. The summed E-state index contributed by atoms with van der Waals surface area (Å²) in [5.41, 5.74) is 3.41. The molecule has 2 aromatic rings. The highest BCUT2D eigenvalue weighted by Gasteiger charge is 2.44. The quantitative estimate of drug-likeness (QED) is 0.421. The van der Waals surface area contributed by atoms with E-state index in [1.807, 2.05) is 24.3 Å². The van der Waals surface area contributed by atoms with Gasteiger partial charge in [0.15, 0.2) is 0 Å². The molecule has 0 bridgehead atoms. The van der Waals surface area contributed by atoms with E-state index >= 15 is 0 Å². The Labute approximate surface area is 205 Å². The first kappa shape index (κ1) is 24.7. The van der Waals surface area contributed by atoms with Crippen LogP contribution in [-0.2, 0) is 19.1 Å². The van der Waals surface area contributed by atoms with Crippen LogP contribution in [-0.4, -0.2) is 55.0 Å². The van der Waals surface area contributed by atoms with Gasteiger partial charge < -0.3 is 25.2 Å². The Balaban J connectivity index is 1.29. The number of carbonyl (C=O) groups is 3. The maximum Gasteiger partial charge on any atom is 0.408 e. The number of fused-ring (bicyclic) bond motifs is 3. The van der Waals surface area contributed by atoms with Gasteiger partial charge in [0.2, 0.25) is 5.91 Å². The number of hydrogen-bond acceptors (Lipinski definition) is 5. The molecule has 2 amide bonds. The lowest BCUT2D eigenvalue weighted by molar-refractivity contribution is -0.137. The molecular formula is C27H32N2O6. The average molecular weight is 481 g/mol. The van der Waals surface area contributed by atoms with Gasteiger partial charge in [0.25, 0.3) is 0 Å². The second kappa shape index (κ2) is 11.4. The number of amides is 2. The molecule has 0 radical (unpaired) electrons. The maximum absolute atomic E-state index is 12.9. The van der Waals surface area contributed by atoms with Crippen LogP contribution in [0, 0.1) is 0 Å². The summed E-state index contributed by atoms with van der Waals surface area (Å²) in [5, 5.41) is 14.3. The van der Waals surface area contributed by atoms with Crippen molar-refractivity contribution in [3.8, 4) is 11.1 Å². The van der Waals surface area contributed by atoms with Crippen molar-refractivity contribution in [2.45, 2.75) is 50.0 Å². The summed E-state index contributed by atoms with van der Waals surface area (Å²) in [5.74, 6) is -1.13. The third kappa shape index (κ3) is 5.82. The number of carbonyl (C=O) groups excluding carboxylic acids is 2. The third-order valence-corrected chi connectivity index (χ3v) is 6.74. The van der Waals surface area contributed by atoms with E-state index in [-0.39, 0.29) is 31.5 Å². The molecule has 186 valence electrons. The highest BCUT2D eigenvalue weighted by atomic mass is 16.6. The van der Waals surface area contributed by atoms with E-state index in [9.17, 15) is 14.4 Å². The molecule has 3 N–H and O–H groups in total. The van der Waals surface area contributed by atoms with Gasteiger partial charge >= 0.3 is 12.1 Å². The average Bonchev–Trinajstić information content (AvgIpc) is 3.45. The molecule has 1 fully saturated rings. The van der Waals surface area contributed by atoms with Gasteiger partial charge in [0.1, 0.15) is 12.1 Å².